The number of allylic oxidation sites excluding steroid dienone is 1. The topological polar surface area (TPSA) is 168 Å². The van der Waals surface area contributed by atoms with Crippen molar-refractivity contribution in [2.45, 2.75) is 104 Å². The fourth-order valence-electron chi connectivity index (χ4n) is 9.22. The second kappa shape index (κ2) is 11.2. The van der Waals surface area contributed by atoms with Crippen molar-refractivity contribution < 1.29 is 44.5 Å². The first-order valence-electron chi connectivity index (χ1n) is 14.3. The molecule has 0 bridgehead atoms. The first kappa shape index (κ1) is 31.3. The molecule has 4 N–H and O–H groups in total. The van der Waals surface area contributed by atoms with Gasteiger partial charge in [-0.25, -0.2) is 8.37 Å². The number of fused-ring (bicyclic) bond motifs is 5. The maximum atomic E-state index is 11.4. The second-order valence-corrected chi connectivity index (χ2v) is 15.6. The first-order chi connectivity index (χ1) is 18.0. The molecule has 0 aliphatic heterocycles. The summed E-state index contributed by atoms with van der Waals surface area (Å²) in [6.07, 6.45) is 5.45. The molecule has 3 fully saturated rings. The monoisotopic (exact) mass is 594 g/mol. The van der Waals surface area contributed by atoms with Crippen LogP contribution in [0.5, 0.6) is 0 Å². The zero-order chi connectivity index (χ0) is 29.0. The molecule has 0 saturated heterocycles. The molecule has 0 aromatic rings. The second-order valence-electron chi connectivity index (χ2n) is 13.4. The Morgan fingerprint density at radius 1 is 1.00 bits per heavy atom. The van der Waals surface area contributed by atoms with Gasteiger partial charge in [0.1, 0.15) is 12.2 Å². The van der Waals surface area contributed by atoms with Crippen molar-refractivity contribution in [1.82, 2.24) is 0 Å². The molecule has 0 heterocycles. The van der Waals surface area contributed by atoms with Crippen molar-refractivity contribution in [3.8, 4) is 0 Å². The van der Waals surface area contributed by atoms with Crippen molar-refractivity contribution in [3.63, 3.8) is 0 Å². The minimum Gasteiger partial charge on any atom is -0.390 e. The molecule has 0 aromatic heterocycles. The number of rotatable bonds is 10. The number of hydrogen-bond donors (Lipinski definition) is 4. The van der Waals surface area contributed by atoms with Gasteiger partial charge in [-0.1, -0.05) is 46.6 Å². The maximum Gasteiger partial charge on any atom is 0.397 e. The Kier molecular flexibility index (Phi) is 9.03. The molecule has 12 heteroatoms. The van der Waals surface area contributed by atoms with Crippen molar-refractivity contribution in [3.05, 3.63) is 11.6 Å². The molecular formula is C27H46O10S2. The molecule has 0 spiro atoms. The van der Waals surface area contributed by atoms with Crippen molar-refractivity contribution in [2.24, 2.45) is 46.3 Å². The zero-order valence-corrected chi connectivity index (χ0v) is 25.0. The Labute approximate surface area is 233 Å². The van der Waals surface area contributed by atoms with Crippen LogP contribution in [-0.4, -0.2) is 61.1 Å². The Hall–Kier alpha value is -0.600. The van der Waals surface area contributed by atoms with Crippen LogP contribution in [0, 0.1) is 46.3 Å². The number of aliphatic hydroxyl groups excluding tert-OH is 2. The molecule has 3 saturated carbocycles. The van der Waals surface area contributed by atoms with E-state index >= 15 is 0 Å². The van der Waals surface area contributed by atoms with Crippen LogP contribution < -0.4 is 0 Å². The Morgan fingerprint density at radius 3 is 2.31 bits per heavy atom. The predicted octanol–water partition coefficient (Wildman–Crippen LogP) is 3.96. The van der Waals surface area contributed by atoms with E-state index in [2.05, 4.69) is 25.0 Å². The van der Waals surface area contributed by atoms with Crippen LogP contribution in [0.1, 0.15) is 85.5 Å². The van der Waals surface area contributed by atoms with E-state index in [1.165, 1.54) is 0 Å². The van der Waals surface area contributed by atoms with Crippen LogP contribution in [0.15, 0.2) is 11.6 Å². The van der Waals surface area contributed by atoms with E-state index < -0.39 is 44.5 Å². The summed E-state index contributed by atoms with van der Waals surface area (Å²) >= 11 is 0. The standard InChI is InChI=1S/C27H46O10S2/c1-16(2)6-5-7-17(15-36-38(30,31)32)19-10-11-20-18-8-9-22-24(29)25(37-39(33,34)35)23(28)14-27(22,4)21(18)12-13-26(19,20)3/h9,16-21,23-25,28-29H,5-8,10-15H2,1-4H3,(H,30,31,32)(H,33,34,35)/t17-,18-,19+,20-,21-,23+,24+,25+,26+,27+/m0/s1. The summed E-state index contributed by atoms with van der Waals surface area (Å²) in [5, 5.41) is 21.9. The summed E-state index contributed by atoms with van der Waals surface area (Å²) in [7, 11) is -9.37. The molecule has 4 rings (SSSR count). The summed E-state index contributed by atoms with van der Waals surface area (Å²) in [5.74, 6) is 1.67. The van der Waals surface area contributed by atoms with Gasteiger partial charge < -0.3 is 10.2 Å². The van der Waals surface area contributed by atoms with Crippen LogP contribution in [0.3, 0.4) is 0 Å². The quantitative estimate of drug-likeness (QED) is 0.215. The van der Waals surface area contributed by atoms with Gasteiger partial charge in [0.25, 0.3) is 0 Å². The molecule has 10 atom stereocenters. The van der Waals surface area contributed by atoms with Gasteiger partial charge in [0, 0.05) is 0 Å². The highest BCUT2D eigenvalue weighted by atomic mass is 32.3. The van der Waals surface area contributed by atoms with Crippen molar-refractivity contribution >= 4 is 20.8 Å². The minimum absolute atomic E-state index is 0.0131. The lowest BCUT2D eigenvalue weighted by molar-refractivity contribution is -0.119. The van der Waals surface area contributed by atoms with E-state index in [9.17, 15) is 31.6 Å². The van der Waals surface area contributed by atoms with E-state index in [-0.39, 0.29) is 36.2 Å². The molecule has 0 amide bonds. The normalized spacial score (nSPS) is 41.5. The van der Waals surface area contributed by atoms with Crippen LogP contribution >= 0.6 is 0 Å². The minimum atomic E-state index is -4.84. The molecule has 0 radical (unpaired) electrons. The zero-order valence-electron chi connectivity index (χ0n) is 23.4. The summed E-state index contributed by atoms with van der Waals surface area (Å²) in [6, 6.07) is 0. The molecule has 4 aliphatic rings. The lowest BCUT2D eigenvalue weighted by Gasteiger charge is -2.59. The fourth-order valence-corrected chi connectivity index (χ4v) is 10.1. The summed E-state index contributed by atoms with van der Waals surface area (Å²) in [4.78, 5) is 0. The highest BCUT2D eigenvalue weighted by molar-refractivity contribution is 7.81. The Balaban J connectivity index is 1.57. The summed E-state index contributed by atoms with van der Waals surface area (Å²) in [5.41, 5.74) is 0.107. The van der Waals surface area contributed by atoms with Crippen LogP contribution in [0.25, 0.3) is 0 Å². The third kappa shape index (κ3) is 6.43. The van der Waals surface area contributed by atoms with E-state index in [1.807, 2.05) is 13.0 Å². The average molecular weight is 595 g/mol. The van der Waals surface area contributed by atoms with E-state index in [1.54, 1.807) is 0 Å². The molecule has 0 unspecified atom stereocenters. The van der Waals surface area contributed by atoms with Crippen LogP contribution in [0.4, 0.5) is 0 Å². The van der Waals surface area contributed by atoms with Gasteiger partial charge in [-0.3, -0.25) is 9.11 Å². The maximum absolute atomic E-state index is 11.4. The highest BCUT2D eigenvalue weighted by Gasteiger charge is 2.62. The largest absolute Gasteiger partial charge is 0.397 e. The SMILES string of the molecule is CC(C)CCC[C@@H](COS(=O)(=O)O)[C@H]1CC[C@H]2[C@@H]3CC=C4[C@@H](O)[C@H](OS(=O)(=O)O)[C@H](O)C[C@]4(C)[C@H]3CC[C@]12C. The van der Waals surface area contributed by atoms with E-state index in [0.29, 0.717) is 29.7 Å². The van der Waals surface area contributed by atoms with Gasteiger partial charge in [-0.2, -0.15) is 16.8 Å². The smallest absolute Gasteiger partial charge is 0.390 e. The van der Waals surface area contributed by atoms with E-state index in [0.717, 1.165) is 44.9 Å². The lowest BCUT2D eigenvalue weighted by Crippen LogP contribution is -2.58. The summed E-state index contributed by atoms with van der Waals surface area (Å²) < 4.78 is 73.6. The molecule has 10 nitrogen and oxygen atoms in total. The molecule has 4 aliphatic carbocycles. The van der Waals surface area contributed by atoms with Crippen molar-refractivity contribution in [1.29, 1.82) is 0 Å². The highest BCUT2D eigenvalue weighted by Crippen LogP contribution is 2.67. The van der Waals surface area contributed by atoms with Crippen LogP contribution in [-0.2, 0) is 29.2 Å². The van der Waals surface area contributed by atoms with Gasteiger partial charge in [-0.15, -0.1) is 0 Å². The van der Waals surface area contributed by atoms with Gasteiger partial charge in [0.2, 0.25) is 0 Å². The fraction of sp³-hybridized carbons (Fsp3) is 0.926. The van der Waals surface area contributed by atoms with E-state index in [4.69, 9.17) is 8.74 Å². The lowest BCUT2D eigenvalue weighted by atomic mass is 9.46. The predicted molar refractivity (Wildman–Crippen MR) is 144 cm³/mol. The van der Waals surface area contributed by atoms with Crippen LogP contribution in [0.2, 0.25) is 0 Å². The average Bonchev–Trinajstić information content (AvgIpc) is 3.14. The molecule has 39 heavy (non-hydrogen) atoms. The third-order valence-electron chi connectivity index (χ3n) is 10.8. The molecule has 226 valence electrons. The molecular weight excluding hydrogens is 548 g/mol. The molecule has 0 aromatic carbocycles. The van der Waals surface area contributed by atoms with Crippen molar-refractivity contribution in [2.75, 3.05) is 6.61 Å². The first-order valence-corrected chi connectivity index (χ1v) is 17.0. The van der Waals surface area contributed by atoms with Gasteiger partial charge >= 0.3 is 20.8 Å². The third-order valence-corrected chi connectivity index (χ3v) is 11.7. The van der Waals surface area contributed by atoms with Gasteiger partial charge in [-0.05, 0) is 96.9 Å². The number of hydrogen-bond acceptors (Lipinski definition) is 8. The van der Waals surface area contributed by atoms with Gasteiger partial charge in [0.05, 0.1) is 12.7 Å². The Morgan fingerprint density at radius 2 is 1.69 bits per heavy atom. The Bertz CT molecular complexity index is 1140. The number of aliphatic hydroxyl groups is 2. The summed E-state index contributed by atoms with van der Waals surface area (Å²) in [6.45, 7) is 8.67. The van der Waals surface area contributed by atoms with Gasteiger partial charge in [0.15, 0.2) is 0 Å².